The molecule has 1 N–H and O–H groups in total. The lowest BCUT2D eigenvalue weighted by Crippen LogP contribution is -2.48. The Morgan fingerprint density at radius 3 is 2.45 bits per heavy atom. The molecule has 3 rings (SSSR count). The van der Waals surface area contributed by atoms with E-state index in [0.29, 0.717) is 12.1 Å². The lowest BCUT2D eigenvalue weighted by atomic mass is 9.98. The summed E-state index contributed by atoms with van der Waals surface area (Å²) in [5.74, 6) is -0.638. The van der Waals surface area contributed by atoms with Crippen LogP contribution in [0.4, 0.5) is 4.39 Å². The number of hydrogen-bond acceptors (Lipinski definition) is 2. The molecule has 2 fully saturated rings. The third-order valence-corrected chi connectivity index (χ3v) is 4.42. The van der Waals surface area contributed by atoms with Gasteiger partial charge in [-0.3, -0.25) is 4.79 Å². The fourth-order valence-corrected chi connectivity index (χ4v) is 3.33. The molecule has 2 heterocycles. The Bertz CT molecular complexity index is 485. The Morgan fingerprint density at radius 1 is 1.25 bits per heavy atom. The molecule has 1 aromatic rings. The SMILES string of the molecule is CN(C(=O)c1ccccc1F)C1CC2CCC(C1)N2.Cl. The molecule has 110 valence electrons. The highest BCUT2D eigenvalue weighted by atomic mass is 35.5. The summed E-state index contributed by atoms with van der Waals surface area (Å²) in [4.78, 5) is 14.1. The van der Waals surface area contributed by atoms with Crippen LogP contribution < -0.4 is 5.32 Å². The molecule has 2 saturated heterocycles. The van der Waals surface area contributed by atoms with Crippen molar-refractivity contribution in [3.05, 3.63) is 35.6 Å². The Morgan fingerprint density at radius 2 is 1.85 bits per heavy atom. The number of hydrogen-bond donors (Lipinski definition) is 1. The first-order valence-corrected chi connectivity index (χ1v) is 6.93. The Balaban J connectivity index is 0.00000147. The van der Waals surface area contributed by atoms with Crippen LogP contribution in [0, 0.1) is 5.82 Å². The van der Waals surface area contributed by atoms with Crippen molar-refractivity contribution < 1.29 is 9.18 Å². The van der Waals surface area contributed by atoms with E-state index in [4.69, 9.17) is 0 Å². The Labute approximate surface area is 124 Å². The summed E-state index contributed by atoms with van der Waals surface area (Å²) in [7, 11) is 1.80. The van der Waals surface area contributed by atoms with Crippen LogP contribution in [0.2, 0.25) is 0 Å². The van der Waals surface area contributed by atoms with E-state index in [-0.39, 0.29) is 29.9 Å². The van der Waals surface area contributed by atoms with E-state index in [9.17, 15) is 9.18 Å². The van der Waals surface area contributed by atoms with Gasteiger partial charge in [-0.05, 0) is 37.8 Å². The number of nitrogens with zero attached hydrogens (tertiary/aromatic N) is 1. The molecule has 2 aliphatic heterocycles. The highest BCUT2D eigenvalue weighted by Crippen LogP contribution is 2.29. The van der Waals surface area contributed by atoms with Crippen molar-refractivity contribution in [2.24, 2.45) is 0 Å². The first-order valence-electron chi connectivity index (χ1n) is 6.93. The third-order valence-electron chi connectivity index (χ3n) is 4.42. The Kier molecular flexibility index (Phi) is 4.66. The van der Waals surface area contributed by atoms with Crippen LogP contribution in [-0.2, 0) is 0 Å². The van der Waals surface area contributed by atoms with E-state index < -0.39 is 5.82 Å². The number of carbonyl (C=O) groups is 1. The van der Waals surface area contributed by atoms with Crippen LogP contribution in [0.1, 0.15) is 36.0 Å². The molecule has 5 heteroatoms. The number of nitrogens with one attached hydrogen (secondary N) is 1. The fraction of sp³-hybridized carbons (Fsp3) is 0.533. The van der Waals surface area contributed by atoms with E-state index in [2.05, 4.69) is 5.32 Å². The molecule has 0 radical (unpaired) electrons. The molecular weight excluding hydrogens is 279 g/mol. The first-order chi connectivity index (χ1) is 9.15. The summed E-state index contributed by atoms with van der Waals surface area (Å²) in [6.45, 7) is 0. The van der Waals surface area contributed by atoms with Gasteiger partial charge in [0.15, 0.2) is 0 Å². The average molecular weight is 299 g/mol. The van der Waals surface area contributed by atoms with Crippen molar-refractivity contribution in [3.8, 4) is 0 Å². The predicted molar refractivity (Wildman–Crippen MR) is 78.7 cm³/mol. The van der Waals surface area contributed by atoms with Gasteiger partial charge in [0.05, 0.1) is 5.56 Å². The average Bonchev–Trinajstić information content (AvgIpc) is 2.76. The second-order valence-corrected chi connectivity index (χ2v) is 5.66. The standard InChI is InChI=1S/C15H19FN2O.ClH/c1-18(12-8-10-6-7-11(9-12)17-10)15(19)13-4-2-3-5-14(13)16;/h2-5,10-12,17H,6-9H2,1H3;1H. The highest BCUT2D eigenvalue weighted by Gasteiger charge is 2.36. The second kappa shape index (κ2) is 6.10. The molecule has 3 nitrogen and oxygen atoms in total. The van der Waals surface area contributed by atoms with Crippen molar-refractivity contribution in [3.63, 3.8) is 0 Å². The minimum absolute atomic E-state index is 0. The molecule has 0 spiro atoms. The third kappa shape index (κ3) is 2.81. The Hall–Kier alpha value is -1.13. The largest absolute Gasteiger partial charge is 0.339 e. The predicted octanol–water partition coefficient (Wildman–Crippen LogP) is 2.60. The summed E-state index contributed by atoms with van der Waals surface area (Å²) in [6, 6.07) is 7.49. The quantitative estimate of drug-likeness (QED) is 0.910. The summed E-state index contributed by atoms with van der Waals surface area (Å²) < 4.78 is 13.7. The molecule has 1 aromatic carbocycles. The molecule has 20 heavy (non-hydrogen) atoms. The van der Waals surface area contributed by atoms with E-state index in [1.807, 2.05) is 0 Å². The molecular formula is C15H20ClFN2O. The minimum Gasteiger partial charge on any atom is -0.339 e. The minimum atomic E-state index is -0.434. The molecule has 2 aliphatic rings. The van der Waals surface area contributed by atoms with Gasteiger partial charge in [0, 0.05) is 25.2 Å². The number of fused-ring (bicyclic) bond motifs is 2. The van der Waals surface area contributed by atoms with Crippen LogP contribution in [0.3, 0.4) is 0 Å². The van der Waals surface area contributed by atoms with Crippen LogP contribution in [0.5, 0.6) is 0 Å². The van der Waals surface area contributed by atoms with E-state index in [1.165, 1.54) is 18.9 Å². The second-order valence-electron chi connectivity index (χ2n) is 5.66. The van der Waals surface area contributed by atoms with Crippen molar-refractivity contribution in [2.75, 3.05) is 7.05 Å². The molecule has 2 unspecified atom stereocenters. The van der Waals surface area contributed by atoms with Crippen molar-refractivity contribution in [1.82, 2.24) is 10.2 Å². The normalized spacial score (nSPS) is 27.8. The zero-order valence-corrected chi connectivity index (χ0v) is 12.3. The highest BCUT2D eigenvalue weighted by molar-refractivity contribution is 5.94. The smallest absolute Gasteiger partial charge is 0.256 e. The number of rotatable bonds is 2. The van der Waals surface area contributed by atoms with Gasteiger partial charge in [0.1, 0.15) is 5.82 Å². The maximum absolute atomic E-state index is 13.7. The molecule has 2 atom stereocenters. The molecule has 2 bridgehead atoms. The van der Waals surface area contributed by atoms with Crippen LogP contribution >= 0.6 is 12.4 Å². The van der Waals surface area contributed by atoms with Crippen molar-refractivity contribution in [2.45, 2.75) is 43.8 Å². The van der Waals surface area contributed by atoms with E-state index in [0.717, 1.165) is 12.8 Å². The number of benzene rings is 1. The summed E-state index contributed by atoms with van der Waals surface area (Å²) in [5, 5.41) is 3.55. The topological polar surface area (TPSA) is 32.3 Å². The van der Waals surface area contributed by atoms with Gasteiger partial charge >= 0.3 is 0 Å². The summed E-state index contributed by atoms with van der Waals surface area (Å²) in [6.07, 6.45) is 4.35. The maximum atomic E-state index is 13.7. The van der Waals surface area contributed by atoms with Crippen molar-refractivity contribution in [1.29, 1.82) is 0 Å². The molecule has 1 amide bonds. The van der Waals surface area contributed by atoms with Gasteiger partial charge in [-0.2, -0.15) is 0 Å². The van der Waals surface area contributed by atoms with Crippen LogP contribution in [-0.4, -0.2) is 36.0 Å². The lowest BCUT2D eigenvalue weighted by Gasteiger charge is -2.35. The van der Waals surface area contributed by atoms with Crippen LogP contribution in [0.25, 0.3) is 0 Å². The van der Waals surface area contributed by atoms with Crippen LogP contribution in [0.15, 0.2) is 24.3 Å². The maximum Gasteiger partial charge on any atom is 0.256 e. The zero-order chi connectivity index (χ0) is 13.4. The number of piperidine rings is 1. The molecule has 0 aliphatic carbocycles. The van der Waals surface area contributed by atoms with Gasteiger partial charge in [0.2, 0.25) is 0 Å². The number of amides is 1. The van der Waals surface area contributed by atoms with Gasteiger partial charge < -0.3 is 10.2 Å². The van der Waals surface area contributed by atoms with Crippen molar-refractivity contribution >= 4 is 18.3 Å². The van der Waals surface area contributed by atoms with Gasteiger partial charge in [-0.25, -0.2) is 4.39 Å². The molecule has 0 saturated carbocycles. The lowest BCUT2D eigenvalue weighted by molar-refractivity contribution is 0.0677. The summed E-state index contributed by atoms with van der Waals surface area (Å²) >= 11 is 0. The monoisotopic (exact) mass is 298 g/mol. The summed E-state index contributed by atoms with van der Waals surface area (Å²) in [5.41, 5.74) is 0.177. The van der Waals surface area contributed by atoms with Gasteiger partial charge in [-0.15, -0.1) is 12.4 Å². The number of halogens is 2. The van der Waals surface area contributed by atoms with E-state index >= 15 is 0 Å². The van der Waals surface area contributed by atoms with E-state index in [1.54, 1.807) is 30.1 Å². The fourth-order valence-electron chi connectivity index (χ4n) is 3.33. The number of carbonyl (C=O) groups excluding carboxylic acids is 1. The van der Waals surface area contributed by atoms with Gasteiger partial charge in [-0.1, -0.05) is 12.1 Å². The first kappa shape index (κ1) is 15.3. The zero-order valence-electron chi connectivity index (χ0n) is 11.5. The van der Waals surface area contributed by atoms with Gasteiger partial charge in [0.25, 0.3) is 5.91 Å². The molecule has 0 aromatic heterocycles.